The Bertz CT molecular complexity index is 941. The van der Waals surface area contributed by atoms with E-state index in [4.69, 9.17) is 0 Å². The van der Waals surface area contributed by atoms with Crippen LogP contribution in [0.3, 0.4) is 0 Å². The molecule has 0 bridgehead atoms. The number of nitrogens with zero attached hydrogens (tertiary/aromatic N) is 3. The summed E-state index contributed by atoms with van der Waals surface area (Å²) >= 11 is 0. The molecule has 4 heterocycles. The van der Waals surface area contributed by atoms with Crippen LogP contribution >= 0.6 is 0 Å². The smallest absolute Gasteiger partial charge is 0.0486 e. The van der Waals surface area contributed by atoms with Gasteiger partial charge in [-0.3, -0.25) is 4.98 Å². The van der Waals surface area contributed by atoms with Crippen molar-refractivity contribution in [1.82, 2.24) is 14.5 Å². The normalized spacial score (nSPS) is 26.0. The van der Waals surface area contributed by atoms with Crippen LogP contribution in [0.15, 0.2) is 42.7 Å². The van der Waals surface area contributed by atoms with Crippen molar-refractivity contribution < 1.29 is 0 Å². The van der Waals surface area contributed by atoms with E-state index in [0.717, 1.165) is 19.6 Å². The van der Waals surface area contributed by atoms with Crippen molar-refractivity contribution in [2.45, 2.75) is 38.8 Å². The standard InChI is InChI=1S/C22H25N3/c1-14-4-5-20-17(10-14)18-12-24(3)13-19-21(16-6-8-23-9-7-16)15(2)11-25(20)22(18)19/h4-10,15,19,21H,11-13H2,1-3H3. The van der Waals surface area contributed by atoms with Gasteiger partial charge in [-0.25, -0.2) is 0 Å². The van der Waals surface area contributed by atoms with E-state index in [9.17, 15) is 0 Å². The number of pyridine rings is 1. The van der Waals surface area contributed by atoms with E-state index in [1.807, 2.05) is 12.4 Å². The summed E-state index contributed by atoms with van der Waals surface area (Å²) in [5.74, 6) is 1.76. The fourth-order valence-electron chi connectivity index (χ4n) is 5.33. The Morgan fingerprint density at radius 2 is 1.88 bits per heavy atom. The van der Waals surface area contributed by atoms with Crippen molar-refractivity contribution in [3.8, 4) is 0 Å². The van der Waals surface area contributed by atoms with Crippen LogP contribution < -0.4 is 0 Å². The average Bonchev–Trinajstić information content (AvgIpc) is 2.89. The highest BCUT2D eigenvalue weighted by atomic mass is 15.1. The first kappa shape index (κ1) is 15.2. The van der Waals surface area contributed by atoms with Crippen LogP contribution in [0.4, 0.5) is 0 Å². The van der Waals surface area contributed by atoms with Crippen LogP contribution in [0, 0.1) is 12.8 Å². The number of hydrogen-bond donors (Lipinski definition) is 0. The summed E-state index contributed by atoms with van der Waals surface area (Å²) in [5.41, 5.74) is 7.38. The Hall–Kier alpha value is -2.13. The van der Waals surface area contributed by atoms with Crippen LogP contribution in [0.5, 0.6) is 0 Å². The second-order valence-electron chi connectivity index (χ2n) is 8.08. The fraction of sp³-hybridized carbons (Fsp3) is 0.409. The van der Waals surface area contributed by atoms with Crippen molar-refractivity contribution in [3.05, 3.63) is 65.1 Å². The third kappa shape index (κ3) is 2.18. The van der Waals surface area contributed by atoms with Crippen LogP contribution in [0.1, 0.15) is 41.1 Å². The molecule has 2 aliphatic heterocycles. The Morgan fingerprint density at radius 3 is 2.68 bits per heavy atom. The third-order valence-corrected chi connectivity index (χ3v) is 6.26. The maximum atomic E-state index is 4.24. The Labute approximate surface area is 149 Å². The van der Waals surface area contributed by atoms with Gasteiger partial charge in [0, 0.05) is 54.5 Å². The molecule has 0 radical (unpaired) electrons. The molecule has 3 nitrogen and oxygen atoms in total. The lowest BCUT2D eigenvalue weighted by molar-refractivity contribution is 0.205. The van der Waals surface area contributed by atoms with E-state index in [-0.39, 0.29) is 0 Å². The van der Waals surface area contributed by atoms with Crippen molar-refractivity contribution in [3.63, 3.8) is 0 Å². The summed E-state index contributed by atoms with van der Waals surface area (Å²) < 4.78 is 2.63. The molecule has 1 aromatic carbocycles. The van der Waals surface area contributed by atoms with E-state index in [1.54, 1.807) is 11.3 Å². The van der Waals surface area contributed by atoms with E-state index < -0.39 is 0 Å². The van der Waals surface area contributed by atoms with E-state index in [1.165, 1.54) is 22.0 Å². The Kier molecular flexibility index (Phi) is 3.29. The summed E-state index contributed by atoms with van der Waals surface area (Å²) in [4.78, 5) is 6.74. The van der Waals surface area contributed by atoms with Gasteiger partial charge < -0.3 is 9.47 Å². The van der Waals surface area contributed by atoms with Gasteiger partial charge in [-0.1, -0.05) is 18.6 Å². The van der Waals surface area contributed by atoms with Gasteiger partial charge in [0.05, 0.1) is 0 Å². The Morgan fingerprint density at radius 1 is 1.08 bits per heavy atom. The highest BCUT2D eigenvalue weighted by molar-refractivity contribution is 5.87. The van der Waals surface area contributed by atoms with Gasteiger partial charge in [0.2, 0.25) is 0 Å². The van der Waals surface area contributed by atoms with Gasteiger partial charge in [0.1, 0.15) is 0 Å². The molecule has 0 saturated heterocycles. The average molecular weight is 331 g/mol. The van der Waals surface area contributed by atoms with Gasteiger partial charge in [-0.15, -0.1) is 0 Å². The molecule has 3 unspecified atom stereocenters. The van der Waals surface area contributed by atoms with Gasteiger partial charge >= 0.3 is 0 Å². The van der Waals surface area contributed by atoms with Gasteiger partial charge in [0.15, 0.2) is 0 Å². The number of aromatic nitrogens is 2. The number of likely N-dealkylation sites (N-methyl/N-ethyl adjacent to an activating group) is 1. The highest BCUT2D eigenvalue weighted by Gasteiger charge is 2.41. The highest BCUT2D eigenvalue weighted by Crippen LogP contribution is 2.49. The van der Waals surface area contributed by atoms with Crippen LogP contribution in [-0.4, -0.2) is 28.0 Å². The predicted molar refractivity (Wildman–Crippen MR) is 102 cm³/mol. The maximum absolute atomic E-state index is 4.24. The molecule has 2 aliphatic rings. The lowest BCUT2D eigenvalue weighted by Gasteiger charge is -2.43. The molecular weight excluding hydrogens is 306 g/mol. The number of aryl methyl sites for hydroxylation is 1. The first-order valence-electron chi connectivity index (χ1n) is 9.33. The van der Waals surface area contributed by atoms with Gasteiger partial charge in [-0.2, -0.15) is 0 Å². The van der Waals surface area contributed by atoms with Crippen LogP contribution in [0.2, 0.25) is 0 Å². The molecule has 5 rings (SSSR count). The molecular formula is C22H25N3. The molecule has 3 heteroatoms. The first-order chi connectivity index (χ1) is 12.1. The van der Waals surface area contributed by atoms with Gasteiger partial charge in [-0.05, 0) is 61.2 Å². The summed E-state index contributed by atoms with van der Waals surface area (Å²) in [6.45, 7) is 7.94. The summed E-state index contributed by atoms with van der Waals surface area (Å²) in [5, 5.41) is 1.47. The molecule has 128 valence electrons. The molecule has 3 atom stereocenters. The lowest BCUT2D eigenvalue weighted by atomic mass is 9.72. The summed E-state index contributed by atoms with van der Waals surface area (Å²) in [6.07, 6.45) is 3.89. The monoisotopic (exact) mass is 331 g/mol. The minimum absolute atomic E-state index is 0.563. The second-order valence-corrected chi connectivity index (χ2v) is 8.08. The van der Waals surface area contributed by atoms with E-state index >= 15 is 0 Å². The van der Waals surface area contributed by atoms with Crippen LogP contribution in [0.25, 0.3) is 10.9 Å². The zero-order chi connectivity index (χ0) is 17.1. The summed E-state index contributed by atoms with van der Waals surface area (Å²) in [6, 6.07) is 11.4. The molecule has 3 aromatic rings. The first-order valence-corrected chi connectivity index (χ1v) is 9.33. The second kappa shape index (κ2) is 5.43. The quantitative estimate of drug-likeness (QED) is 0.662. The molecule has 0 N–H and O–H groups in total. The molecule has 0 aliphatic carbocycles. The maximum Gasteiger partial charge on any atom is 0.0486 e. The number of fused-ring (bicyclic) bond motifs is 3. The molecule has 0 amide bonds. The lowest BCUT2D eigenvalue weighted by Crippen LogP contribution is -2.40. The SMILES string of the molecule is Cc1ccc2c(c1)c1c3n2CC(C)C(c2ccncc2)C3CN(C)C1. The van der Waals surface area contributed by atoms with Crippen molar-refractivity contribution in [1.29, 1.82) is 0 Å². The van der Waals surface area contributed by atoms with Crippen molar-refractivity contribution in [2.75, 3.05) is 13.6 Å². The molecule has 0 saturated carbocycles. The third-order valence-electron chi connectivity index (χ3n) is 6.26. The number of rotatable bonds is 1. The minimum Gasteiger partial charge on any atom is -0.344 e. The number of hydrogen-bond acceptors (Lipinski definition) is 2. The molecule has 0 fully saturated rings. The van der Waals surface area contributed by atoms with E-state index in [0.29, 0.717) is 17.8 Å². The number of benzene rings is 1. The van der Waals surface area contributed by atoms with Crippen LogP contribution in [-0.2, 0) is 13.1 Å². The minimum atomic E-state index is 0.563. The molecule has 0 spiro atoms. The fourth-order valence-corrected chi connectivity index (χ4v) is 5.33. The Balaban J connectivity index is 1.76. The van der Waals surface area contributed by atoms with Gasteiger partial charge in [0.25, 0.3) is 0 Å². The zero-order valence-electron chi connectivity index (χ0n) is 15.2. The van der Waals surface area contributed by atoms with Crippen molar-refractivity contribution in [2.24, 2.45) is 5.92 Å². The molecule has 25 heavy (non-hydrogen) atoms. The largest absolute Gasteiger partial charge is 0.344 e. The zero-order valence-corrected chi connectivity index (χ0v) is 15.2. The predicted octanol–water partition coefficient (Wildman–Crippen LogP) is 4.31. The van der Waals surface area contributed by atoms with Crippen molar-refractivity contribution >= 4 is 10.9 Å². The molecule has 2 aromatic heterocycles. The summed E-state index contributed by atoms with van der Waals surface area (Å²) in [7, 11) is 2.27. The van der Waals surface area contributed by atoms with E-state index in [2.05, 4.69) is 65.7 Å². The topological polar surface area (TPSA) is 21.1 Å².